The Morgan fingerprint density at radius 2 is 1.48 bits per heavy atom. The number of carbonyl (C=O) groups excluding carboxylic acids is 2. The van der Waals surface area contributed by atoms with Gasteiger partial charge < -0.3 is 14.4 Å². The molecule has 0 aromatic heterocycles. The normalized spacial score (nSPS) is 31.0. The molecule has 8 heteroatoms. The molecule has 2 aliphatic rings. The second-order valence-electron chi connectivity index (χ2n) is 7.90. The number of hydrogen-bond acceptors (Lipinski definition) is 7. The molecule has 0 unspecified atom stereocenters. The first-order valence-electron chi connectivity index (χ1n) is 8.75. The lowest BCUT2D eigenvalue weighted by Crippen LogP contribution is -2.41. The minimum absolute atomic E-state index is 0.194. The van der Waals surface area contributed by atoms with Crippen LogP contribution in [0.25, 0.3) is 0 Å². The minimum atomic E-state index is -3.87. The molecule has 0 bridgehead atoms. The van der Waals surface area contributed by atoms with Crippen molar-refractivity contribution in [1.29, 1.82) is 0 Å². The van der Waals surface area contributed by atoms with Crippen molar-refractivity contribution in [2.75, 3.05) is 27.4 Å². The molecule has 2 atom stereocenters. The Morgan fingerprint density at radius 3 is 1.89 bits per heavy atom. The van der Waals surface area contributed by atoms with Gasteiger partial charge >= 0.3 is 11.9 Å². The van der Waals surface area contributed by atoms with E-state index in [1.807, 2.05) is 32.9 Å². The lowest BCUT2D eigenvalue weighted by atomic mass is 9.97. The first-order chi connectivity index (χ1) is 12.6. The van der Waals surface area contributed by atoms with Crippen molar-refractivity contribution in [2.24, 2.45) is 17.3 Å². The van der Waals surface area contributed by atoms with E-state index in [2.05, 4.69) is 0 Å². The molecule has 1 aliphatic heterocycles. The molecule has 1 saturated carbocycles. The maximum atomic E-state index is 13.9. The Morgan fingerprint density at radius 1 is 1.04 bits per heavy atom. The van der Waals surface area contributed by atoms with Crippen molar-refractivity contribution in [3.05, 3.63) is 35.4 Å². The van der Waals surface area contributed by atoms with Gasteiger partial charge in [-0.05, 0) is 6.92 Å². The Labute approximate surface area is 159 Å². The summed E-state index contributed by atoms with van der Waals surface area (Å²) in [6.45, 7) is 6.16. The molecule has 3 rings (SSSR count). The molecular formula is C19H25O7P. The second kappa shape index (κ2) is 6.82. The van der Waals surface area contributed by atoms with Crippen molar-refractivity contribution < 1.29 is 33.0 Å². The quantitative estimate of drug-likeness (QED) is 0.567. The van der Waals surface area contributed by atoms with Gasteiger partial charge in [0.15, 0.2) is 5.16 Å². The molecule has 27 heavy (non-hydrogen) atoms. The molecule has 0 amide bonds. The van der Waals surface area contributed by atoms with E-state index in [-0.39, 0.29) is 18.6 Å². The van der Waals surface area contributed by atoms with E-state index in [4.69, 9.17) is 18.5 Å². The van der Waals surface area contributed by atoms with Crippen LogP contribution in [0.15, 0.2) is 24.3 Å². The van der Waals surface area contributed by atoms with Crippen LogP contribution in [-0.4, -0.2) is 39.4 Å². The number of hydrogen-bond donors (Lipinski definition) is 0. The molecule has 0 N–H and O–H groups in total. The van der Waals surface area contributed by atoms with Gasteiger partial charge in [-0.25, -0.2) is 9.05 Å². The van der Waals surface area contributed by atoms with Crippen molar-refractivity contribution in [2.45, 2.75) is 25.9 Å². The Bertz CT molecular complexity index is 711. The largest absolute Gasteiger partial charge is 0.631 e. The van der Waals surface area contributed by atoms with Gasteiger partial charge in [-0.2, -0.15) is 0 Å². The highest BCUT2D eigenvalue weighted by molar-refractivity contribution is 7.61. The fraction of sp³-hybridized carbons (Fsp3) is 0.579. The topological polar surface area (TPSA) is 94.1 Å². The monoisotopic (exact) mass is 396 g/mol. The van der Waals surface area contributed by atoms with Crippen LogP contribution in [0.5, 0.6) is 0 Å². The third kappa shape index (κ3) is 3.07. The first kappa shape index (κ1) is 20.2. The zero-order valence-electron chi connectivity index (χ0n) is 16.2. The van der Waals surface area contributed by atoms with Crippen LogP contribution in [0.3, 0.4) is 0 Å². The average molecular weight is 396 g/mol. The number of methoxy groups -OCH3 is 2. The standard InChI is InChI=1S/C19H25O7P/c1-12-6-8-13(9-7-12)19(27(22)25-10-18(2,3)11-26-27)14(16(20)23-4)15(19)17(21)24-5/h6-9,14-15H,10-11H2,1-5H3/t14-,15-/m0/s1. The Kier molecular flexibility index (Phi) is 5.10. The van der Waals surface area contributed by atoms with Crippen LogP contribution >= 0.6 is 7.94 Å². The van der Waals surface area contributed by atoms with Crippen LogP contribution < -0.4 is 4.89 Å². The van der Waals surface area contributed by atoms with Crippen molar-refractivity contribution in [3.8, 4) is 0 Å². The van der Waals surface area contributed by atoms with Gasteiger partial charge in [0.2, 0.25) is 7.94 Å². The lowest BCUT2D eigenvalue weighted by Gasteiger charge is -2.43. The van der Waals surface area contributed by atoms with Gasteiger partial charge in [0.1, 0.15) is 25.0 Å². The number of rotatable bonds is 4. The van der Waals surface area contributed by atoms with Gasteiger partial charge in [0, 0.05) is 11.0 Å². The zero-order chi connectivity index (χ0) is 20.0. The molecule has 0 spiro atoms. The number of benzene rings is 1. The molecule has 1 aromatic carbocycles. The summed E-state index contributed by atoms with van der Waals surface area (Å²) in [7, 11) is -1.40. The molecule has 1 saturated heterocycles. The number of ether oxygens (including phenoxy) is 2. The summed E-state index contributed by atoms with van der Waals surface area (Å²) in [5.74, 6) is -3.27. The second-order valence-corrected chi connectivity index (χ2v) is 10.2. The molecule has 0 radical (unpaired) electrons. The third-order valence-corrected chi connectivity index (χ3v) is 7.96. The van der Waals surface area contributed by atoms with Crippen molar-refractivity contribution >= 4 is 19.9 Å². The Balaban J connectivity index is 2.14. The fourth-order valence-electron chi connectivity index (χ4n) is 3.75. The Hall–Kier alpha value is -1.53. The van der Waals surface area contributed by atoms with Gasteiger partial charge in [-0.15, -0.1) is 0 Å². The highest BCUT2D eigenvalue weighted by atomic mass is 31.2. The molecule has 2 fully saturated rings. The summed E-state index contributed by atoms with van der Waals surface area (Å²) in [6, 6.07) is 7.16. The van der Waals surface area contributed by atoms with Crippen LogP contribution in [-0.2, 0) is 33.3 Å². The highest BCUT2D eigenvalue weighted by Gasteiger charge is 2.87. The molecule has 1 aliphatic carbocycles. The predicted molar refractivity (Wildman–Crippen MR) is 96.5 cm³/mol. The van der Waals surface area contributed by atoms with E-state index in [1.165, 1.54) is 14.2 Å². The molecule has 148 valence electrons. The van der Waals surface area contributed by atoms with Crippen LogP contribution in [0.4, 0.5) is 0 Å². The zero-order valence-corrected chi connectivity index (χ0v) is 17.1. The molecule has 7 nitrogen and oxygen atoms in total. The van der Waals surface area contributed by atoms with E-state index < -0.39 is 36.9 Å². The summed E-state index contributed by atoms with van der Waals surface area (Å²) in [5.41, 5.74) is 1.21. The van der Waals surface area contributed by atoms with Crippen LogP contribution in [0, 0.1) is 24.2 Å². The summed E-state index contributed by atoms with van der Waals surface area (Å²) < 4.78 is 21.3. The van der Waals surface area contributed by atoms with E-state index in [0.717, 1.165) is 5.56 Å². The van der Waals surface area contributed by atoms with Crippen molar-refractivity contribution in [1.82, 2.24) is 0 Å². The maximum Gasteiger partial charge on any atom is 0.314 e. The van der Waals surface area contributed by atoms with Crippen LogP contribution in [0.2, 0.25) is 0 Å². The molecule has 1 heterocycles. The SMILES string of the molecule is COC(=O)[C@@H]1[C@@H](C(=O)OC)C1(c1ccc(C)cc1)[P+]1([O-])OCC(C)(C)CO1. The fourth-order valence-corrected chi connectivity index (χ4v) is 6.87. The smallest absolute Gasteiger partial charge is 0.314 e. The maximum absolute atomic E-state index is 13.9. The number of carbonyl (C=O) groups is 2. The van der Waals surface area contributed by atoms with Gasteiger partial charge in [0.25, 0.3) is 0 Å². The van der Waals surface area contributed by atoms with Gasteiger partial charge in [-0.1, -0.05) is 43.7 Å². The van der Waals surface area contributed by atoms with E-state index >= 15 is 0 Å². The lowest BCUT2D eigenvalue weighted by molar-refractivity contribution is -0.239. The molecular weight excluding hydrogens is 371 g/mol. The third-order valence-electron chi connectivity index (χ3n) is 5.30. The van der Waals surface area contributed by atoms with E-state index in [1.54, 1.807) is 12.1 Å². The summed E-state index contributed by atoms with van der Waals surface area (Å²) in [5, 5.41) is -1.45. The van der Waals surface area contributed by atoms with Crippen molar-refractivity contribution in [3.63, 3.8) is 0 Å². The summed E-state index contributed by atoms with van der Waals surface area (Å²) in [6.07, 6.45) is 0. The molecule has 1 aromatic rings. The predicted octanol–water partition coefficient (Wildman–Crippen LogP) is 1.98. The highest BCUT2D eigenvalue weighted by Crippen LogP contribution is 2.85. The average Bonchev–Trinajstić information content (AvgIpc) is 3.35. The van der Waals surface area contributed by atoms with Crippen LogP contribution in [0.1, 0.15) is 25.0 Å². The van der Waals surface area contributed by atoms with E-state index in [9.17, 15) is 14.5 Å². The van der Waals surface area contributed by atoms with E-state index in [0.29, 0.717) is 5.56 Å². The number of aryl methyl sites for hydroxylation is 1. The summed E-state index contributed by atoms with van der Waals surface area (Å²) in [4.78, 5) is 38.9. The van der Waals surface area contributed by atoms with Gasteiger partial charge in [-0.3, -0.25) is 9.59 Å². The first-order valence-corrected chi connectivity index (χ1v) is 10.3. The summed E-state index contributed by atoms with van der Waals surface area (Å²) >= 11 is 0. The van der Waals surface area contributed by atoms with Gasteiger partial charge in [0.05, 0.1) is 14.2 Å². The minimum Gasteiger partial charge on any atom is -0.631 e. The number of esters is 2.